The van der Waals surface area contributed by atoms with Crippen molar-refractivity contribution in [3.8, 4) is 5.75 Å². The van der Waals surface area contributed by atoms with Crippen molar-refractivity contribution in [3.05, 3.63) is 48.0 Å². The quantitative estimate of drug-likeness (QED) is 0.703. The molecule has 166 valence electrons. The summed E-state index contributed by atoms with van der Waals surface area (Å²) in [7, 11) is -2.25. The van der Waals surface area contributed by atoms with Crippen LogP contribution < -0.4 is 19.3 Å². The summed E-state index contributed by atoms with van der Waals surface area (Å²) in [5, 5.41) is 0. The van der Waals surface area contributed by atoms with E-state index < -0.39 is 10.0 Å². The van der Waals surface area contributed by atoms with Crippen LogP contribution in [0.1, 0.15) is 18.4 Å². The molecule has 8 nitrogen and oxygen atoms in total. The minimum Gasteiger partial charge on any atom is -0.495 e. The molecular formula is C22H27N3O5S. The molecule has 2 fully saturated rings. The minimum absolute atomic E-state index is 0.0267. The van der Waals surface area contributed by atoms with Crippen LogP contribution in [0.15, 0.2) is 47.4 Å². The number of rotatable bonds is 7. The van der Waals surface area contributed by atoms with E-state index in [1.807, 2.05) is 24.3 Å². The maximum Gasteiger partial charge on any atom is 0.240 e. The molecule has 1 N–H and O–H groups in total. The van der Waals surface area contributed by atoms with E-state index in [1.54, 1.807) is 11.0 Å². The van der Waals surface area contributed by atoms with Gasteiger partial charge in [-0.25, -0.2) is 13.1 Å². The van der Waals surface area contributed by atoms with Crippen LogP contribution in [-0.4, -0.2) is 54.3 Å². The maximum atomic E-state index is 12.9. The summed E-state index contributed by atoms with van der Waals surface area (Å²) in [6, 6.07) is 12.4. The molecule has 2 aromatic carbocycles. The molecule has 0 bridgehead atoms. The van der Waals surface area contributed by atoms with Gasteiger partial charge in [0.15, 0.2) is 0 Å². The summed E-state index contributed by atoms with van der Waals surface area (Å²) in [4.78, 5) is 16.1. The van der Waals surface area contributed by atoms with Crippen LogP contribution in [0.4, 0.5) is 11.4 Å². The SMILES string of the molecule is COc1ccc(S(=O)(=O)NCc2ccc(N3CCOCC3)cc2)cc1N1CCCC1=O. The Bertz CT molecular complexity index is 1030. The monoisotopic (exact) mass is 445 g/mol. The number of anilines is 2. The zero-order chi connectivity index (χ0) is 21.8. The number of morpholine rings is 1. The van der Waals surface area contributed by atoms with Gasteiger partial charge in [0.05, 0.1) is 30.9 Å². The second-order valence-electron chi connectivity index (χ2n) is 7.57. The molecule has 0 spiro atoms. The van der Waals surface area contributed by atoms with Gasteiger partial charge < -0.3 is 19.3 Å². The number of methoxy groups -OCH3 is 1. The number of nitrogens with zero attached hydrogens (tertiary/aromatic N) is 2. The van der Waals surface area contributed by atoms with Gasteiger partial charge in [-0.15, -0.1) is 0 Å². The van der Waals surface area contributed by atoms with E-state index in [-0.39, 0.29) is 17.3 Å². The van der Waals surface area contributed by atoms with E-state index in [4.69, 9.17) is 9.47 Å². The Morgan fingerprint density at radius 1 is 1.06 bits per heavy atom. The van der Waals surface area contributed by atoms with Crippen molar-refractivity contribution in [2.75, 3.05) is 49.8 Å². The lowest BCUT2D eigenvalue weighted by molar-refractivity contribution is -0.117. The van der Waals surface area contributed by atoms with Gasteiger partial charge in [-0.05, 0) is 42.3 Å². The lowest BCUT2D eigenvalue weighted by atomic mass is 10.2. The average molecular weight is 446 g/mol. The van der Waals surface area contributed by atoms with E-state index >= 15 is 0 Å². The van der Waals surface area contributed by atoms with Crippen molar-refractivity contribution in [2.45, 2.75) is 24.3 Å². The fourth-order valence-corrected chi connectivity index (χ4v) is 4.90. The van der Waals surface area contributed by atoms with Crippen molar-refractivity contribution in [3.63, 3.8) is 0 Å². The summed E-state index contributed by atoms with van der Waals surface area (Å²) in [5.41, 5.74) is 2.46. The fraction of sp³-hybridized carbons (Fsp3) is 0.409. The number of nitrogens with one attached hydrogen (secondary N) is 1. The van der Waals surface area contributed by atoms with Crippen molar-refractivity contribution < 1.29 is 22.7 Å². The molecule has 0 saturated carbocycles. The normalized spacial score (nSPS) is 17.3. The van der Waals surface area contributed by atoms with E-state index in [0.29, 0.717) is 37.6 Å². The van der Waals surface area contributed by atoms with Crippen molar-refractivity contribution >= 4 is 27.3 Å². The molecule has 2 heterocycles. The molecule has 2 aromatic rings. The summed E-state index contributed by atoms with van der Waals surface area (Å²) in [6.45, 7) is 3.87. The number of carbonyl (C=O) groups is 1. The third kappa shape index (κ3) is 4.84. The number of hydrogen-bond donors (Lipinski definition) is 1. The summed E-state index contributed by atoms with van der Waals surface area (Å²) >= 11 is 0. The standard InChI is InChI=1S/C22H27N3O5S/c1-29-21-9-8-19(15-20(21)25-10-2-3-22(25)26)31(27,28)23-16-17-4-6-18(7-5-17)24-11-13-30-14-12-24/h4-9,15,23H,2-3,10-14,16H2,1H3. The summed E-state index contributed by atoms with van der Waals surface area (Å²) < 4.78 is 39.2. The van der Waals surface area contributed by atoms with Crippen LogP contribution >= 0.6 is 0 Å². The van der Waals surface area contributed by atoms with Gasteiger partial charge in [-0.1, -0.05) is 12.1 Å². The average Bonchev–Trinajstić information content (AvgIpc) is 3.24. The van der Waals surface area contributed by atoms with E-state index in [2.05, 4.69) is 9.62 Å². The van der Waals surface area contributed by atoms with E-state index in [1.165, 1.54) is 19.2 Å². The molecule has 9 heteroatoms. The Labute approximate surface area is 182 Å². The molecule has 0 aromatic heterocycles. The molecular weight excluding hydrogens is 418 g/mol. The topological polar surface area (TPSA) is 88.2 Å². The molecule has 0 aliphatic carbocycles. The van der Waals surface area contributed by atoms with Crippen molar-refractivity contribution in [1.29, 1.82) is 0 Å². The Morgan fingerprint density at radius 3 is 2.45 bits per heavy atom. The summed E-state index contributed by atoms with van der Waals surface area (Å²) in [6.07, 6.45) is 1.20. The van der Waals surface area contributed by atoms with Gasteiger partial charge in [0, 0.05) is 38.3 Å². The number of ether oxygens (including phenoxy) is 2. The third-order valence-electron chi connectivity index (χ3n) is 5.60. The van der Waals surface area contributed by atoms with Crippen LogP contribution in [0, 0.1) is 0 Å². The van der Waals surface area contributed by atoms with Gasteiger partial charge in [-0.2, -0.15) is 0 Å². The molecule has 4 rings (SSSR count). The highest BCUT2D eigenvalue weighted by molar-refractivity contribution is 7.89. The molecule has 1 amide bonds. The van der Waals surface area contributed by atoms with Gasteiger partial charge in [-0.3, -0.25) is 4.79 Å². The first-order valence-corrected chi connectivity index (χ1v) is 11.9. The highest BCUT2D eigenvalue weighted by Gasteiger charge is 2.26. The Hall–Kier alpha value is -2.62. The Kier molecular flexibility index (Phi) is 6.45. The Balaban J connectivity index is 1.47. The number of hydrogen-bond acceptors (Lipinski definition) is 6. The molecule has 31 heavy (non-hydrogen) atoms. The minimum atomic E-state index is -3.75. The van der Waals surface area contributed by atoms with Crippen LogP contribution in [0.3, 0.4) is 0 Å². The van der Waals surface area contributed by atoms with Crippen molar-refractivity contribution in [2.24, 2.45) is 0 Å². The molecule has 2 saturated heterocycles. The van der Waals surface area contributed by atoms with Gasteiger partial charge in [0.1, 0.15) is 5.75 Å². The predicted octanol–water partition coefficient (Wildman–Crippen LogP) is 2.14. The lowest BCUT2D eigenvalue weighted by Crippen LogP contribution is -2.36. The second kappa shape index (κ2) is 9.25. The first kappa shape index (κ1) is 21.6. The number of carbonyl (C=O) groups excluding carboxylic acids is 1. The lowest BCUT2D eigenvalue weighted by Gasteiger charge is -2.28. The molecule has 0 atom stereocenters. The van der Waals surface area contributed by atoms with Crippen LogP contribution in [0.2, 0.25) is 0 Å². The molecule has 0 radical (unpaired) electrons. The number of benzene rings is 2. The molecule has 0 unspecified atom stereocenters. The maximum absolute atomic E-state index is 12.9. The van der Waals surface area contributed by atoms with Crippen molar-refractivity contribution in [1.82, 2.24) is 4.72 Å². The first-order valence-electron chi connectivity index (χ1n) is 10.4. The van der Waals surface area contributed by atoms with Crippen LogP contribution in [0.25, 0.3) is 0 Å². The van der Waals surface area contributed by atoms with Crippen LogP contribution in [0.5, 0.6) is 5.75 Å². The molecule has 2 aliphatic rings. The third-order valence-corrected chi connectivity index (χ3v) is 7.00. The van der Waals surface area contributed by atoms with Crippen LogP contribution in [-0.2, 0) is 26.1 Å². The zero-order valence-corrected chi connectivity index (χ0v) is 18.4. The van der Waals surface area contributed by atoms with E-state index in [0.717, 1.165) is 30.8 Å². The zero-order valence-electron chi connectivity index (χ0n) is 17.5. The first-order chi connectivity index (χ1) is 15.0. The number of amides is 1. The number of sulfonamides is 1. The highest BCUT2D eigenvalue weighted by atomic mass is 32.2. The van der Waals surface area contributed by atoms with Gasteiger partial charge in [0.25, 0.3) is 0 Å². The fourth-order valence-electron chi connectivity index (χ4n) is 3.86. The van der Waals surface area contributed by atoms with Gasteiger partial charge in [0.2, 0.25) is 15.9 Å². The summed E-state index contributed by atoms with van der Waals surface area (Å²) in [5.74, 6) is 0.453. The molecule has 2 aliphatic heterocycles. The second-order valence-corrected chi connectivity index (χ2v) is 9.34. The van der Waals surface area contributed by atoms with E-state index in [9.17, 15) is 13.2 Å². The van der Waals surface area contributed by atoms with Gasteiger partial charge >= 0.3 is 0 Å². The Morgan fingerprint density at radius 2 is 1.81 bits per heavy atom. The predicted molar refractivity (Wildman–Crippen MR) is 118 cm³/mol. The largest absolute Gasteiger partial charge is 0.495 e. The smallest absolute Gasteiger partial charge is 0.240 e. The highest BCUT2D eigenvalue weighted by Crippen LogP contribution is 2.33.